The number of benzene rings is 2. The molecule has 1 amide bonds. The molecule has 2 aromatic carbocycles. The van der Waals surface area contributed by atoms with E-state index in [4.69, 9.17) is 5.73 Å². The zero-order valence-electron chi connectivity index (χ0n) is 16.6. The SMILES string of the molecule is NC1=C(C(=O)N/N=C/c2ccc(Br)cc2)C(c2ccc(Br)cc2)C([N+](=O)[O-])=C2NCCN12. The number of halogens is 2. The standard InChI is InChI=1S/C21H18Br2N6O3/c22-14-5-1-12(2-6-14)11-26-27-21(30)17-16(13-3-7-15(23)8-4-13)18(29(31)32)20-25-9-10-28(20)19(17)24/h1-8,11,16,25H,9-10,24H2,(H,27,30)/b26-11+. The van der Waals surface area contributed by atoms with E-state index in [1.807, 2.05) is 24.3 Å². The van der Waals surface area contributed by atoms with Gasteiger partial charge in [-0.1, -0.05) is 56.1 Å². The van der Waals surface area contributed by atoms with Crippen LogP contribution in [0.15, 0.2) is 85.5 Å². The predicted molar refractivity (Wildman–Crippen MR) is 127 cm³/mol. The summed E-state index contributed by atoms with van der Waals surface area (Å²) in [5, 5.41) is 19.1. The van der Waals surface area contributed by atoms with Crippen LogP contribution in [-0.4, -0.2) is 35.0 Å². The number of hydrazone groups is 1. The van der Waals surface area contributed by atoms with E-state index >= 15 is 0 Å². The van der Waals surface area contributed by atoms with Crippen LogP contribution in [0.4, 0.5) is 0 Å². The van der Waals surface area contributed by atoms with Crippen molar-refractivity contribution in [2.45, 2.75) is 5.92 Å². The van der Waals surface area contributed by atoms with E-state index in [0.29, 0.717) is 24.5 Å². The number of hydrogen-bond donors (Lipinski definition) is 3. The van der Waals surface area contributed by atoms with E-state index in [1.165, 1.54) is 6.21 Å². The lowest BCUT2D eigenvalue weighted by molar-refractivity contribution is -0.432. The van der Waals surface area contributed by atoms with E-state index in [2.05, 4.69) is 47.7 Å². The Bertz CT molecular complexity index is 1160. The Hall–Kier alpha value is -3.18. The monoisotopic (exact) mass is 560 g/mol. The molecule has 2 aliphatic heterocycles. The first-order valence-corrected chi connectivity index (χ1v) is 11.2. The number of nitrogens with zero attached hydrogens (tertiary/aromatic N) is 3. The van der Waals surface area contributed by atoms with Gasteiger partial charge in [-0.25, -0.2) is 5.43 Å². The minimum atomic E-state index is -0.960. The van der Waals surface area contributed by atoms with Gasteiger partial charge in [0.25, 0.3) is 11.6 Å². The number of amides is 1. The van der Waals surface area contributed by atoms with E-state index in [0.717, 1.165) is 14.5 Å². The van der Waals surface area contributed by atoms with Crippen LogP contribution in [0.3, 0.4) is 0 Å². The van der Waals surface area contributed by atoms with Crippen molar-refractivity contribution in [3.8, 4) is 0 Å². The topological polar surface area (TPSA) is 126 Å². The van der Waals surface area contributed by atoms with Gasteiger partial charge in [-0.3, -0.25) is 14.9 Å². The zero-order valence-corrected chi connectivity index (χ0v) is 19.8. The summed E-state index contributed by atoms with van der Waals surface area (Å²) in [7, 11) is 0. The van der Waals surface area contributed by atoms with Crippen molar-refractivity contribution in [3.05, 3.63) is 102 Å². The third kappa shape index (κ3) is 4.26. The molecule has 2 heterocycles. The summed E-state index contributed by atoms with van der Waals surface area (Å²) in [6.45, 7) is 0.904. The van der Waals surface area contributed by atoms with Gasteiger partial charge in [-0.15, -0.1) is 0 Å². The van der Waals surface area contributed by atoms with Gasteiger partial charge in [0.15, 0.2) is 5.82 Å². The Balaban J connectivity index is 1.72. The van der Waals surface area contributed by atoms with Crippen LogP contribution in [-0.2, 0) is 4.79 Å². The highest BCUT2D eigenvalue weighted by Gasteiger charge is 2.46. The number of hydrogen-bond acceptors (Lipinski definition) is 7. The lowest BCUT2D eigenvalue weighted by Crippen LogP contribution is -2.40. The zero-order chi connectivity index (χ0) is 22.8. The summed E-state index contributed by atoms with van der Waals surface area (Å²) >= 11 is 6.73. The van der Waals surface area contributed by atoms with E-state index in [9.17, 15) is 14.9 Å². The first-order chi connectivity index (χ1) is 15.4. The average Bonchev–Trinajstić information content (AvgIpc) is 3.25. The smallest absolute Gasteiger partial charge is 0.298 e. The summed E-state index contributed by atoms with van der Waals surface area (Å²) < 4.78 is 1.74. The average molecular weight is 562 g/mol. The van der Waals surface area contributed by atoms with Crippen molar-refractivity contribution in [2.75, 3.05) is 13.1 Å². The molecule has 4 N–H and O–H groups in total. The first kappa shape index (κ1) is 22.0. The second kappa shape index (κ2) is 9.13. The summed E-state index contributed by atoms with van der Waals surface area (Å²) in [4.78, 5) is 26.4. The molecule has 0 saturated carbocycles. The Labute approximate surface area is 200 Å². The van der Waals surface area contributed by atoms with Crippen LogP contribution in [0.2, 0.25) is 0 Å². The van der Waals surface area contributed by atoms with Crippen molar-refractivity contribution >= 4 is 44.0 Å². The van der Waals surface area contributed by atoms with E-state index in [-0.39, 0.29) is 17.1 Å². The first-order valence-electron chi connectivity index (χ1n) is 9.61. The van der Waals surface area contributed by atoms with Gasteiger partial charge in [0, 0.05) is 22.0 Å². The maximum Gasteiger partial charge on any atom is 0.298 e. The number of rotatable bonds is 5. The minimum Gasteiger partial charge on any atom is -0.385 e. The molecule has 1 atom stereocenters. The number of nitrogens with one attached hydrogen (secondary N) is 2. The number of carbonyl (C=O) groups excluding carboxylic acids is 1. The molecule has 11 heteroatoms. The molecule has 0 radical (unpaired) electrons. The molecular weight excluding hydrogens is 544 g/mol. The molecule has 0 bridgehead atoms. The fraction of sp³-hybridized carbons (Fsp3) is 0.143. The van der Waals surface area contributed by atoms with Crippen LogP contribution in [0.5, 0.6) is 0 Å². The van der Waals surface area contributed by atoms with Crippen LogP contribution in [0, 0.1) is 10.1 Å². The lowest BCUT2D eigenvalue weighted by Gasteiger charge is -2.30. The molecule has 32 heavy (non-hydrogen) atoms. The molecule has 4 rings (SSSR count). The highest BCUT2D eigenvalue weighted by molar-refractivity contribution is 9.10. The van der Waals surface area contributed by atoms with Gasteiger partial charge in [0.05, 0.1) is 16.7 Å². The van der Waals surface area contributed by atoms with Gasteiger partial charge < -0.3 is 16.0 Å². The number of carbonyl (C=O) groups is 1. The highest BCUT2D eigenvalue weighted by Crippen LogP contribution is 2.41. The molecule has 0 spiro atoms. The van der Waals surface area contributed by atoms with E-state index in [1.54, 1.807) is 29.2 Å². The molecule has 2 aliphatic rings. The van der Waals surface area contributed by atoms with Crippen molar-refractivity contribution < 1.29 is 9.72 Å². The third-order valence-corrected chi connectivity index (χ3v) is 6.22. The number of nitro groups is 1. The largest absolute Gasteiger partial charge is 0.385 e. The second-order valence-electron chi connectivity index (χ2n) is 7.10. The summed E-state index contributed by atoms with van der Waals surface area (Å²) in [6, 6.07) is 14.4. The van der Waals surface area contributed by atoms with Crippen molar-refractivity contribution in [3.63, 3.8) is 0 Å². The predicted octanol–water partition coefficient (Wildman–Crippen LogP) is 2.98. The highest BCUT2D eigenvalue weighted by atomic mass is 79.9. The molecule has 1 unspecified atom stereocenters. The van der Waals surface area contributed by atoms with E-state index < -0.39 is 16.7 Å². The molecule has 1 fully saturated rings. The minimum absolute atomic E-state index is 0.0828. The molecule has 0 aliphatic carbocycles. The van der Waals surface area contributed by atoms with Crippen molar-refractivity contribution in [2.24, 2.45) is 10.8 Å². The van der Waals surface area contributed by atoms with Gasteiger partial charge >= 0.3 is 0 Å². The van der Waals surface area contributed by atoms with Gasteiger partial charge in [0.1, 0.15) is 11.7 Å². The Morgan fingerprint density at radius 2 is 1.81 bits per heavy atom. The van der Waals surface area contributed by atoms with Crippen molar-refractivity contribution in [1.82, 2.24) is 15.6 Å². The quantitative estimate of drug-likeness (QED) is 0.293. The summed E-state index contributed by atoms with van der Waals surface area (Å²) in [5.74, 6) is -1.08. The second-order valence-corrected chi connectivity index (χ2v) is 8.93. The summed E-state index contributed by atoms with van der Waals surface area (Å²) in [5.41, 5.74) is 10.2. The van der Waals surface area contributed by atoms with Crippen molar-refractivity contribution in [1.29, 1.82) is 0 Å². The number of fused-ring (bicyclic) bond motifs is 1. The van der Waals surface area contributed by atoms with Crippen LogP contribution >= 0.6 is 31.9 Å². The molecule has 2 aromatic rings. The maximum atomic E-state index is 13.2. The van der Waals surface area contributed by atoms with Gasteiger partial charge in [-0.2, -0.15) is 5.10 Å². The molecule has 164 valence electrons. The molecule has 9 nitrogen and oxygen atoms in total. The number of nitrogens with two attached hydrogens (primary N) is 1. The Morgan fingerprint density at radius 3 is 2.44 bits per heavy atom. The fourth-order valence-electron chi connectivity index (χ4n) is 3.72. The fourth-order valence-corrected chi connectivity index (χ4v) is 4.25. The Kier molecular flexibility index (Phi) is 6.28. The maximum absolute atomic E-state index is 13.2. The molecular formula is C21H18Br2N6O3. The summed E-state index contributed by atoms with van der Waals surface area (Å²) in [6.07, 6.45) is 1.49. The van der Waals surface area contributed by atoms with Gasteiger partial charge in [0.2, 0.25) is 0 Å². The normalized spacial score (nSPS) is 18.1. The molecule has 0 aromatic heterocycles. The lowest BCUT2D eigenvalue weighted by atomic mass is 9.85. The van der Waals surface area contributed by atoms with Crippen LogP contribution < -0.4 is 16.5 Å². The Morgan fingerprint density at radius 1 is 1.19 bits per heavy atom. The number of allylic oxidation sites excluding steroid dienone is 1. The van der Waals surface area contributed by atoms with Crippen LogP contribution in [0.25, 0.3) is 0 Å². The third-order valence-electron chi connectivity index (χ3n) is 5.16. The van der Waals surface area contributed by atoms with Crippen LogP contribution in [0.1, 0.15) is 17.0 Å². The van der Waals surface area contributed by atoms with Gasteiger partial charge in [-0.05, 0) is 35.4 Å². The molecule has 1 saturated heterocycles.